The number of hydrogen-bond acceptors (Lipinski definition) is 3. The summed E-state index contributed by atoms with van der Waals surface area (Å²) in [6.45, 7) is 6.18. The molecule has 1 aromatic rings. The molecule has 4 heteroatoms. The van der Waals surface area contributed by atoms with E-state index in [1.165, 1.54) is 5.01 Å². The molecule has 1 heterocycles. The molecule has 0 saturated heterocycles. The Kier molecular flexibility index (Phi) is 2.65. The molecule has 0 bridgehead atoms. The van der Waals surface area contributed by atoms with Crippen LogP contribution in [0.5, 0.6) is 0 Å². The lowest BCUT2D eigenvalue weighted by atomic mass is 9.88. The molecule has 1 aliphatic rings. The SMILES string of the molecule is CC(C)(C)C1=NN(c2ccc(N)cc2)C(=O)C1. The Morgan fingerprint density at radius 1 is 1.24 bits per heavy atom. The molecular formula is C13H17N3O. The fourth-order valence-corrected chi connectivity index (χ4v) is 1.66. The summed E-state index contributed by atoms with van der Waals surface area (Å²) in [5.41, 5.74) is 7.91. The van der Waals surface area contributed by atoms with Crippen LogP contribution in [0.1, 0.15) is 27.2 Å². The molecule has 4 nitrogen and oxygen atoms in total. The van der Waals surface area contributed by atoms with Crippen molar-refractivity contribution in [2.24, 2.45) is 10.5 Å². The van der Waals surface area contributed by atoms with Crippen molar-refractivity contribution in [1.29, 1.82) is 0 Å². The van der Waals surface area contributed by atoms with Crippen LogP contribution in [0.4, 0.5) is 11.4 Å². The molecule has 1 aromatic carbocycles. The quantitative estimate of drug-likeness (QED) is 0.754. The molecule has 0 aromatic heterocycles. The summed E-state index contributed by atoms with van der Waals surface area (Å²) in [4.78, 5) is 11.9. The lowest BCUT2D eigenvalue weighted by Crippen LogP contribution is -2.20. The van der Waals surface area contributed by atoms with Gasteiger partial charge in [0, 0.05) is 11.1 Å². The van der Waals surface area contributed by atoms with Gasteiger partial charge in [-0.25, -0.2) is 5.01 Å². The van der Waals surface area contributed by atoms with Gasteiger partial charge in [-0.2, -0.15) is 5.10 Å². The van der Waals surface area contributed by atoms with Crippen LogP contribution in [0.25, 0.3) is 0 Å². The lowest BCUT2D eigenvalue weighted by Gasteiger charge is -2.16. The van der Waals surface area contributed by atoms with E-state index in [2.05, 4.69) is 25.9 Å². The summed E-state index contributed by atoms with van der Waals surface area (Å²) in [6.07, 6.45) is 0.397. The first kappa shape index (κ1) is 11.6. The van der Waals surface area contributed by atoms with Gasteiger partial charge in [-0.1, -0.05) is 20.8 Å². The van der Waals surface area contributed by atoms with E-state index < -0.39 is 0 Å². The van der Waals surface area contributed by atoms with E-state index in [4.69, 9.17) is 5.73 Å². The highest BCUT2D eigenvalue weighted by atomic mass is 16.2. The number of hydrogen-bond donors (Lipinski definition) is 1. The average molecular weight is 231 g/mol. The van der Waals surface area contributed by atoms with Crippen LogP contribution in [0, 0.1) is 5.41 Å². The first-order chi connectivity index (χ1) is 7.88. The summed E-state index contributed by atoms with van der Waals surface area (Å²) >= 11 is 0. The number of rotatable bonds is 1. The maximum absolute atomic E-state index is 11.9. The van der Waals surface area contributed by atoms with Gasteiger partial charge in [-0.05, 0) is 24.3 Å². The molecule has 2 N–H and O–H groups in total. The van der Waals surface area contributed by atoms with E-state index in [1.807, 2.05) is 12.1 Å². The third kappa shape index (κ3) is 2.30. The van der Waals surface area contributed by atoms with Crippen LogP contribution < -0.4 is 10.7 Å². The Bertz CT molecular complexity index is 468. The van der Waals surface area contributed by atoms with Crippen molar-refractivity contribution in [3.8, 4) is 0 Å². The van der Waals surface area contributed by atoms with Crippen LogP contribution in [0.3, 0.4) is 0 Å². The van der Waals surface area contributed by atoms with Crippen molar-refractivity contribution in [3.63, 3.8) is 0 Å². The second-order valence-electron chi connectivity index (χ2n) is 5.27. The summed E-state index contributed by atoms with van der Waals surface area (Å²) in [5, 5.41) is 5.86. The van der Waals surface area contributed by atoms with Crippen molar-refractivity contribution in [1.82, 2.24) is 0 Å². The van der Waals surface area contributed by atoms with Gasteiger partial charge < -0.3 is 5.73 Å². The van der Waals surface area contributed by atoms with Gasteiger partial charge in [0.25, 0.3) is 5.91 Å². The van der Waals surface area contributed by atoms with Crippen molar-refractivity contribution in [2.75, 3.05) is 10.7 Å². The Hall–Kier alpha value is -1.84. The predicted molar refractivity (Wildman–Crippen MR) is 69.8 cm³/mol. The monoisotopic (exact) mass is 231 g/mol. The molecule has 0 saturated carbocycles. The minimum absolute atomic E-state index is 0.0136. The van der Waals surface area contributed by atoms with Gasteiger partial charge >= 0.3 is 0 Å². The van der Waals surface area contributed by atoms with E-state index >= 15 is 0 Å². The second kappa shape index (κ2) is 3.87. The molecule has 90 valence electrons. The van der Waals surface area contributed by atoms with Gasteiger partial charge in [0.05, 0.1) is 17.8 Å². The largest absolute Gasteiger partial charge is 0.399 e. The van der Waals surface area contributed by atoms with E-state index in [0.29, 0.717) is 12.1 Å². The second-order valence-corrected chi connectivity index (χ2v) is 5.27. The molecule has 1 amide bonds. The number of benzene rings is 1. The first-order valence-electron chi connectivity index (χ1n) is 5.64. The molecule has 1 aliphatic heterocycles. The summed E-state index contributed by atoms with van der Waals surface area (Å²) in [6, 6.07) is 7.16. The van der Waals surface area contributed by atoms with Crippen LogP contribution in [0.2, 0.25) is 0 Å². The highest BCUT2D eigenvalue weighted by Crippen LogP contribution is 2.28. The third-order valence-corrected chi connectivity index (χ3v) is 2.78. The highest BCUT2D eigenvalue weighted by Gasteiger charge is 2.31. The Labute approximate surface area is 101 Å². The Morgan fingerprint density at radius 3 is 2.29 bits per heavy atom. The maximum Gasteiger partial charge on any atom is 0.253 e. The molecule has 0 unspecified atom stereocenters. The summed E-state index contributed by atoms with van der Waals surface area (Å²) in [7, 11) is 0. The van der Waals surface area contributed by atoms with Crippen molar-refractivity contribution < 1.29 is 4.79 Å². The molecular weight excluding hydrogens is 214 g/mol. The number of anilines is 2. The zero-order chi connectivity index (χ0) is 12.6. The minimum atomic E-state index is -0.0712. The minimum Gasteiger partial charge on any atom is -0.399 e. The number of nitrogens with two attached hydrogens (primary N) is 1. The van der Waals surface area contributed by atoms with Crippen LogP contribution in [0.15, 0.2) is 29.4 Å². The van der Waals surface area contributed by atoms with E-state index in [9.17, 15) is 4.79 Å². The number of carbonyl (C=O) groups is 1. The lowest BCUT2D eigenvalue weighted by molar-refractivity contribution is -0.116. The topological polar surface area (TPSA) is 58.7 Å². The van der Waals surface area contributed by atoms with E-state index in [1.54, 1.807) is 12.1 Å². The van der Waals surface area contributed by atoms with Crippen LogP contribution in [-0.2, 0) is 4.79 Å². The molecule has 0 atom stereocenters. The number of hydrazone groups is 1. The zero-order valence-corrected chi connectivity index (χ0v) is 10.4. The van der Waals surface area contributed by atoms with Gasteiger partial charge in [0.15, 0.2) is 0 Å². The summed E-state index contributed by atoms with van der Waals surface area (Å²) in [5.74, 6) is 0.0136. The van der Waals surface area contributed by atoms with Crippen molar-refractivity contribution in [3.05, 3.63) is 24.3 Å². The van der Waals surface area contributed by atoms with Crippen LogP contribution in [-0.4, -0.2) is 11.6 Å². The molecule has 2 rings (SSSR count). The van der Waals surface area contributed by atoms with Crippen molar-refractivity contribution in [2.45, 2.75) is 27.2 Å². The number of carbonyl (C=O) groups excluding carboxylic acids is 1. The molecule has 0 radical (unpaired) electrons. The predicted octanol–water partition coefficient (Wildman–Crippen LogP) is 2.41. The maximum atomic E-state index is 11.9. The van der Waals surface area contributed by atoms with E-state index in [-0.39, 0.29) is 11.3 Å². The molecule has 0 fully saturated rings. The fraction of sp³-hybridized carbons (Fsp3) is 0.385. The Morgan fingerprint density at radius 2 is 1.82 bits per heavy atom. The molecule has 0 aliphatic carbocycles. The average Bonchev–Trinajstić information content (AvgIpc) is 2.61. The number of amides is 1. The fourth-order valence-electron chi connectivity index (χ4n) is 1.66. The third-order valence-electron chi connectivity index (χ3n) is 2.78. The Balaban J connectivity index is 2.31. The van der Waals surface area contributed by atoms with E-state index in [0.717, 1.165) is 11.4 Å². The van der Waals surface area contributed by atoms with Crippen LogP contribution >= 0.6 is 0 Å². The van der Waals surface area contributed by atoms with Gasteiger partial charge in [0.1, 0.15) is 0 Å². The zero-order valence-electron chi connectivity index (χ0n) is 10.4. The number of nitrogens with zero attached hydrogens (tertiary/aromatic N) is 2. The van der Waals surface area contributed by atoms with Gasteiger partial charge in [0.2, 0.25) is 0 Å². The number of nitrogen functional groups attached to an aromatic ring is 1. The summed E-state index contributed by atoms with van der Waals surface area (Å²) < 4.78 is 0. The smallest absolute Gasteiger partial charge is 0.253 e. The van der Waals surface area contributed by atoms with Gasteiger partial charge in [-0.3, -0.25) is 4.79 Å². The standard InChI is InChI=1S/C13H17N3O/c1-13(2,3)11-8-12(17)16(15-11)10-6-4-9(14)5-7-10/h4-7H,8,14H2,1-3H3. The molecule has 0 spiro atoms. The van der Waals surface area contributed by atoms with Gasteiger partial charge in [-0.15, -0.1) is 0 Å². The highest BCUT2D eigenvalue weighted by molar-refractivity contribution is 6.14. The molecule has 17 heavy (non-hydrogen) atoms. The normalized spacial score (nSPS) is 16.3. The first-order valence-corrected chi connectivity index (χ1v) is 5.64. The van der Waals surface area contributed by atoms with Crippen molar-refractivity contribution >= 4 is 23.0 Å².